The van der Waals surface area contributed by atoms with E-state index in [-0.39, 0.29) is 12.1 Å². The number of aryl methyl sites for hydroxylation is 1. The van der Waals surface area contributed by atoms with Crippen molar-refractivity contribution >= 4 is 68.0 Å². The van der Waals surface area contributed by atoms with E-state index in [1.165, 1.54) is 66.4 Å². The van der Waals surface area contributed by atoms with Crippen molar-refractivity contribution in [2.75, 3.05) is 9.80 Å². The quantitative estimate of drug-likeness (QED) is 0.171. The predicted octanol–water partition coefficient (Wildman–Crippen LogP) is 11.3. The first-order valence-corrected chi connectivity index (χ1v) is 18.9. The van der Waals surface area contributed by atoms with Gasteiger partial charge in [0.15, 0.2) is 0 Å². The summed E-state index contributed by atoms with van der Waals surface area (Å²) < 4.78 is 6.99. The zero-order valence-electron chi connectivity index (χ0n) is 30.5. The van der Waals surface area contributed by atoms with Gasteiger partial charge in [0.2, 0.25) is 0 Å². The summed E-state index contributed by atoms with van der Waals surface area (Å²) >= 11 is 0. The van der Waals surface area contributed by atoms with E-state index in [1.54, 1.807) is 0 Å². The topological polar surface area (TPSA) is 15.7 Å². The molecule has 11 rings (SSSR count). The predicted molar refractivity (Wildman–Crippen MR) is 227 cm³/mol. The van der Waals surface area contributed by atoms with E-state index >= 15 is 0 Å². The number of nitrogens with zero attached hydrogens (tertiary/aromatic N) is 2. The molecule has 2 heterocycles. The highest BCUT2D eigenvalue weighted by molar-refractivity contribution is 6.99. The zero-order valence-corrected chi connectivity index (χ0v) is 30.5. The maximum atomic E-state index is 6.99. The first-order chi connectivity index (χ1) is 26.5. The highest BCUT2D eigenvalue weighted by Gasteiger charge is 2.45. The van der Waals surface area contributed by atoms with Crippen molar-refractivity contribution in [2.24, 2.45) is 0 Å². The van der Waals surface area contributed by atoms with Crippen LogP contribution in [0.15, 0.2) is 170 Å². The molecule has 0 atom stereocenters. The number of fused-ring (bicyclic) bond motifs is 9. The number of benzene rings is 8. The standard InChI is InChI=1S/C50H37BN2O/c1-32-27-45-49-47(28-32)54-46-30-40-39-25-23-33-29-37(52(34-15-7-4-8-16-34)35-17-9-5-10-18-35)24-26-38(33)48(39)50(2,3)41(40)31-43(46)51(49)42-21-13-14-22-44(42)53(45)36-19-11-6-12-20-36/h4-31H,1-3H3. The molecule has 0 radical (unpaired) electrons. The van der Waals surface area contributed by atoms with Gasteiger partial charge >= 0.3 is 0 Å². The van der Waals surface area contributed by atoms with Crippen LogP contribution in [0, 0.1) is 6.92 Å². The molecule has 8 aromatic rings. The molecule has 0 aromatic heterocycles. The summed E-state index contributed by atoms with van der Waals surface area (Å²) in [6.45, 7) is 7.03. The Morgan fingerprint density at radius 3 is 1.98 bits per heavy atom. The van der Waals surface area contributed by atoms with Crippen molar-refractivity contribution in [1.82, 2.24) is 0 Å². The number of ether oxygens (including phenoxy) is 1. The van der Waals surface area contributed by atoms with Gasteiger partial charge in [-0.05, 0) is 135 Å². The molecule has 4 heteroatoms. The largest absolute Gasteiger partial charge is 0.458 e. The fraction of sp³-hybridized carbons (Fsp3) is 0.0800. The number of rotatable bonds is 4. The van der Waals surface area contributed by atoms with Gasteiger partial charge in [-0.2, -0.15) is 0 Å². The number of hydrogen-bond donors (Lipinski definition) is 0. The zero-order chi connectivity index (χ0) is 36.1. The van der Waals surface area contributed by atoms with Crippen molar-refractivity contribution in [1.29, 1.82) is 0 Å². The van der Waals surface area contributed by atoms with Crippen LogP contribution >= 0.6 is 0 Å². The van der Waals surface area contributed by atoms with Gasteiger partial charge in [0.1, 0.15) is 11.5 Å². The SMILES string of the molecule is Cc1cc2c3c(c1)N(c1ccccc1)c1ccccc1B3c1cc3c(cc1O2)-c1ccc2cc(N(c4ccccc4)c4ccccc4)ccc2c1C3(C)C. The van der Waals surface area contributed by atoms with Crippen molar-refractivity contribution in [3.8, 4) is 22.6 Å². The molecule has 0 unspecified atom stereocenters. The van der Waals surface area contributed by atoms with E-state index in [4.69, 9.17) is 4.74 Å². The summed E-state index contributed by atoms with van der Waals surface area (Å²) in [5.74, 6) is 1.90. The lowest BCUT2D eigenvalue weighted by molar-refractivity contribution is 0.487. The molecule has 3 aliphatic rings. The molecule has 256 valence electrons. The minimum atomic E-state index is -0.222. The molecule has 3 nitrogen and oxygen atoms in total. The average Bonchev–Trinajstić information content (AvgIpc) is 3.43. The van der Waals surface area contributed by atoms with Crippen LogP contribution in [0.4, 0.5) is 34.1 Å². The third-order valence-corrected chi connectivity index (χ3v) is 11.9. The third kappa shape index (κ3) is 4.43. The molecule has 0 saturated heterocycles. The monoisotopic (exact) mass is 692 g/mol. The van der Waals surface area contributed by atoms with E-state index in [1.807, 2.05) is 0 Å². The Morgan fingerprint density at radius 1 is 0.556 bits per heavy atom. The smallest absolute Gasteiger partial charge is 0.256 e. The van der Waals surface area contributed by atoms with Crippen molar-refractivity contribution in [3.63, 3.8) is 0 Å². The lowest BCUT2D eigenvalue weighted by atomic mass is 9.34. The van der Waals surface area contributed by atoms with Crippen LogP contribution in [0.25, 0.3) is 21.9 Å². The van der Waals surface area contributed by atoms with Gasteiger partial charge in [-0.25, -0.2) is 0 Å². The maximum Gasteiger partial charge on any atom is 0.256 e. The van der Waals surface area contributed by atoms with Gasteiger partial charge in [-0.3, -0.25) is 0 Å². The van der Waals surface area contributed by atoms with E-state index < -0.39 is 0 Å². The van der Waals surface area contributed by atoms with E-state index in [9.17, 15) is 0 Å². The van der Waals surface area contributed by atoms with Gasteiger partial charge in [0.05, 0.1) is 0 Å². The van der Waals surface area contributed by atoms with Crippen LogP contribution in [0.5, 0.6) is 11.5 Å². The highest BCUT2D eigenvalue weighted by atomic mass is 16.5. The Hall–Kier alpha value is -6.52. The molecule has 0 fully saturated rings. The Labute approximate surface area is 316 Å². The lowest BCUT2D eigenvalue weighted by Crippen LogP contribution is -2.59. The third-order valence-electron chi connectivity index (χ3n) is 11.9. The number of hydrogen-bond acceptors (Lipinski definition) is 3. The molecule has 0 spiro atoms. The normalized spacial score (nSPS) is 14.1. The molecule has 2 aliphatic heterocycles. The summed E-state index contributed by atoms with van der Waals surface area (Å²) in [4.78, 5) is 4.75. The molecule has 0 bridgehead atoms. The van der Waals surface area contributed by atoms with E-state index in [2.05, 4.69) is 200 Å². The second-order valence-corrected chi connectivity index (χ2v) is 15.4. The molecule has 54 heavy (non-hydrogen) atoms. The molecule has 1 aliphatic carbocycles. The summed E-state index contributed by atoms with van der Waals surface area (Å²) in [6, 6.07) is 61.9. The van der Waals surface area contributed by atoms with Crippen molar-refractivity contribution in [2.45, 2.75) is 26.2 Å². The van der Waals surface area contributed by atoms with Crippen LogP contribution in [0.3, 0.4) is 0 Å². The van der Waals surface area contributed by atoms with Crippen LogP contribution in [-0.2, 0) is 5.41 Å². The second-order valence-electron chi connectivity index (χ2n) is 15.4. The summed E-state index contributed by atoms with van der Waals surface area (Å²) in [7, 11) is 0. The molecule has 0 amide bonds. The lowest BCUT2D eigenvalue weighted by Gasteiger charge is -2.40. The van der Waals surface area contributed by atoms with Gasteiger partial charge in [-0.15, -0.1) is 0 Å². The van der Waals surface area contributed by atoms with E-state index in [0.29, 0.717) is 0 Å². The highest BCUT2D eigenvalue weighted by Crippen LogP contribution is 2.53. The molecule has 0 saturated carbocycles. The molecule has 8 aromatic carbocycles. The summed E-state index contributed by atoms with van der Waals surface area (Å²) in [5, 5.41) is 2.53. The molecule has 0 N–H and O–H groups in total. The number of anilines is 6. The van der Waals surface area contributed by atoms with Crippen LogP contribution in [-0.4, -0.2) is 6.71 Å². The average molecular weight is 693 g/mol. The van der Waals surface area contributed by atoms with Gasteiger partial charge in [0.25, 0.3) is 6.71 Å². The minimum absolute atomic E-state index is 0.0570. The maximum absolute atomic E-state index is 6.99. The molecular formula is C50H37BN2O. The Balaban J connectivity index is 1.07. The first-order valence-electron chi connectivity index (χ1n) is 18.9. The summed E-state index contributed by atoms with van der Waals surface area (Å²) in [5.41, 5.74) is 17.0. The van der Waals surface area contributed by atoms with Gasteiger partial charge < -0.3 is 14.5 Å². The van der Waals surface area contributed by atoms with Crippen molar-refractivity contribution < 1.29 is 4.74 Å². The van der Waals surface area contributed by atoms with Crippen LogP contribution < -0.4 is 30.9 Å². The minimum Gasteiger partial charge on any atom is -0.458 e. The van der Waals surface area contributed by atoms with E-state index in [0.717, 1.165) is 34.2 Å². The van der Waals surface area contributed by atoms with Gasteiger partial charge in [-0.1, -0.05) is 111 Å². The Bertz CT molecular complexity index is 2760. The second kappa shape index (κ2) is 11.5. The Kier molecular flexibility index (Phi) is 6.61. The first kappa shape index (κ1) is 31.1. The fourth-order valence-electron chi connectivity index (χ4n) is 9.56. The summed E-state index contributed by atoms with van der Waals surface area (Å²) in [6.07, 6.45) is 0. The van der Waals surface area contributed by atoms with Gasteiger partial charge in [0, 0.05) is 39.5 Å². The Morgan fingerprint density at radius 2 is 1.24 bits per heavy atom. The van der Waals surface area contributed by atoms with Crippen molar-refractivity contribution in [3.05, 3.63) is 187 Å². The molecular weight excluding hydrogens is 655 g/mol. The van der Waals surface area contributed by atoms with Crippen LogP contribution in [0.2, 0.25) is 0 Å². The fourth-order valence-corrected chi connectivity index (χ4v) is 9.56. The number of para-hydroxylation sites is 4. The van der Waals surface area contributed by atoms with Crippen LogP contribution in [0.1, 0.15) is 30.5 Å².